The second kappa shape index (κ2) is 10.4. The molecule has 1 amide bonds. The lowest BCUT2D eigenvalue weighted by molar-refractivity contribution is -0.130. The SMILES string of the molecule is CCNC(=NCc1ccnc(N2CCN(CC)CC2)c1)N1CCN(C(C)=O)CC1. The van der Waals surface area contributed by atoms with Gasteiger partial charge in [-0.1, -0.05) is 6.92 Å². The fourth-order valence-corrected chi connectivity index (χ4v) is 3.85. The minimum Gasteiger partial charge on any atom is -0.357 e. The highest BCUT2D eigenvalue weighted by molar-refractivity contribution is 5.80. The van der Waals surface area contributed by atoms with Gasteiger partial charge in [0.2, 0.25) is 5.91 Å². The van der Waals surface area contributed by atoms with Gasteiger partial charge in [0.05, 0.1) is 6.54 Å². The smallest absolute Gasteiger partial charge is 0.219 e. The van der Waals surface area contributed by atoms with Crippen LogP contribution >= 0.6 is 0 Å². The molecule has 160 valence electrons. The molecule has 3 heterocycles. The van der Waals surface area contributed by atoms with E-state index in [4.69, 9.17) is 4.99 Å². The lowest BCUT2D eigenvalue weighted by Crippen LogP contribution is -2.53. The van der Waals surface area contributed by atoms with Gasteiger partial charge in [0.15, 0.2) is 5.96 Å². The highest BCUT2D eigenvalue weighted by Gasteiger charge is 2.21. The summed E-state index contributed by atoms with van der Waals surface area (Å²) in [5.41, 5.74) is 1.17. The van der Waals surface area contributed by atoms with Gasteiger partial charge in [0.25, 0.3) is 0 Å². The van der Waals surface area contributed by atoms with Crippen molar-refractivity contribution >= 4 is 17.7 Å². The summed E-state index contributed by atoms with van der Waals surface area (Å²) in [6.45, 7) is 15.9. The second-order valence-electron chi connectivity index (χ2n) is 7.61. The summed E-state index contributed by atoms with van der Waals surface area (Å²) in [4.78, 5) is 30.0. The van der Waals surface area contributed by atoms with E-state index in [1.165, 1.54) is 5.56 Å². The van der Waals surface area contributed by atoms with Crippen LogP contribution in [0, 0.1) is 0 Å². The predicted molar refractivity (Wildman–Crippen MR) is 117 cm³/mol. The third-order valence-electron chi connectivity index (χ3n) is 5.72. The number of guanidine groups is 1. The molecule has 0 unspecified atom stereocenters. The van der Waals surface area contributed by atoms with Crippen molar-refractivity contribution in [2.75, 3.05) is 70.3 Å². The van der Waals surface area contributed by atoms with Crippen molar-refractivity contribution < 1.29 is 4.79 Å². The molecule has 0 saturated carbocycles. The van der Waals surface area contributed by atoms with Crippen molar-refractivity contribution in [3.05, 3.63) is 23.9 Å². The Balaban J connectivity index is 1.62. The van der Waals surface area contributed by atoms with Crippen LogP contribution in [-0.2, 0) is 11.3 Å². The highest BCUT2D eigenvalue weighted by atomic mass is 16.2. The maximum Gasteiger partial charge on any atom is 0.219 e. The van der Waals surface area contributed by atoms with Crippen LogP contribution in [-0.4, -0.2) is 97.0 Å². The molecule has 3 rings (SSSR count). The Labute approximate surface area is 174 Å². The molecule has 0 radical (unpaired) electrons. The van der Waals surface area contributed by atoms with E-state index in [2.05, 4.69) is 44.9 Å². The van der Waals surface area contributed by atoms with Gasteiger partial charge in [0.1, 0.15) is 5.82 Å². The van der Waals surface area contributed by atoms with E-state index < -0.39 is 0 Å². The first kappa shape index (κ1) is 21.4. The van der Waals surface area contributed by atoms with Gasteiger partial charge in [-0.3, -0.25) is 4.79 Å². The summed E-state index contributed by atoms with van der Waals surface area (Å²) < 4.78 is 0. The second-order valence-corrected chi connectivity index (χ2v) is 7.61. The number of piperazine rings is 2. The topological polar surface area (TPSA) is 67.3 Å². The van der Waals surface area contributed by atoms with Crippen LogP contribution in [0.25, 0.3) is 0 Å². The van der Waals surface area contributed by atoms with Crippen molar-refractivity contribution in [3.63, 3.8) is 0 Å². The Hall–Kier alpha value is -2.35. The lowest BCUT2D eigenvalue weighted by Gasteiger charge is -2.36. The Morgan fingerprint density at radius 3 is 2.38 bits per heavy atom. The van der Waals surface area contributed by atoms with Crippen LogP contribution in [0.15, 0.2) is 23.3 Å². The third kappa shape index (κ3) is 5.82. The van der Waals surface area contributed by atoms with Crippen molar-refractivity contribution in [3.8, 4) is 0 Å². The summed E-state index contributed by atoms with van der Waals surface area (Å²) in [7, 11) is 0. The van der Waals surface area contributed by atoms with E-state index in [9.17, 15) is 4.79 Å². The quantitative estimate of drug-likeness (QED) is 0.583. The number of amides is 1. The average Bonchev–Trinajstić information content (AvgIpc) is 2.77. The third-order valence-corrected chi connectivity index (χ3v) is 5.72. The number of anilines is 1. The van der Waals surface area contributed by atoms with Gasteiger partial charge < -0.3 is 24.9 Å². The minimum atomic E-state index is 0.149. The van der Waals surface area contributed by atoms with Gasteiger partial charge in [-0.05, 0) is 31.2 Å². The molecule has 29 heavy (non-hydrogen) atoms. The van der Waals surface area contributed by atoms with Gasteiger partial charge in [-0.15, -0.1) is 0 Å². The van der Waals surface area contributed by atoms with E-state index in [1.807, 2.05) is 17.2 Å². The fraction of sp³-hybridized carbons (Fsp3) is 0.667. The zero-order chi connectivity index (χ0) is 20.6. The number of pyridine rings is 1. The number of aromatic nitrogens is 1. The number of rotatable bonds is 5. The zero-order valence-corrected chi connectivity index (χ0v) is 18.1. The molecule has 8 nitrogen and oxygen atoms in total. The molecule has 0 aliphatic carbocycles. The number of carbonyl (C=O) groups excluding carboxylic acids is 1. The number of hydrogen-bond acceptors (Lipinski definition) is 5. The van der Waals surface area contributed by atoms with Gasteiger partial charge in [-0.25, -0.2) is 9.98 Å². The Morgan fingerprint density at radius 2 is 1.76 bits per heavy atom. The van der Waals surface area contributed by atoms with Crippen molar-refractivity contribution in [2.24, 2.45) is 4.99 Å². The highest BCUT2D eigenvalue weighted by Crippen LogP contribution is 2.16. The molecule has 1 N–H and O–H groups in total. The summed E-state index contributed by atoms with van der Waals surface area (Å²) in [5, 5.41) is 3.40. The van der Waals surface area contributed by atoms with Crippen LogP contribution in [0.5, 0.6) is 0 Å². The Kier molecular flexibility index (Phi) is 7.69. The molecule has 2 fully saturated rings. The van der Waals surface area contributed by atoms with Gasteiger partial charge >= 0.3 is 0 Å². The van der Waals surface area contributed by atoms with Crippen molar-refractivity contribution in [1.29, 1.82) is 0 Å². The maximum atomic E-state index is 11.6. The lowest BCUT2D eigenvalue weighted by atomic mass is 10.2. The van der Waals surface area contributed by atoms with Gasteiger partial charge in [-0.2, -0.15) is 0 Å². The predicted octanol–water partition coefficient (Wildman–Crippen LogP) is 0.853. The summed E-state index contributed by atoms with van der Waals surface area (Å²) in [6, 6.07) is 4.22. The monoisotopic (exact) mass is 401 g/mol. The number of carbonyl (C=O) groups is 1. The zero-order valence-electron chi connectivity index (χ0n) is 18.1. The standard InChI is InChI=1S/C21H35N7O/c1-4-22-21(28-14-12-26(13-15-28)18(3)29)24-17-19-6-7-23-20(16-19)27-10-8-25(5-2)9-11-27/h6-7,16H,4-5,8-15,17H2,1-3H3,(H,22,24). The molecule has 2 saturated heterocycles. The van der Waals surface area contributed by atoms with E-state index in [0.717, 1.165) is 77.2 Å². The summed E-state index contributed by atoms with van der Waals surface area (Å²) in [6.07, 6.45) is 1.89. The van der Waals surface area contributed by atoms with Crippen LogP contribution in [0.2, 0.25) is 0 Å². The molecule has 0 bridgehead atoms. The van der Waals surface area contributed by atoms with Crippen molar-refractivity contribution in [2.45, 2.75) is 27.3 Å². The van der Waals surface area contributed by atoms with E-state index in [0.29, 0.717) is 6.54 Å². The molecule has 0 atom stereocenters. The first-order valence-electron chi connectivity index (χ1n) is 10.8. The molecular weight excluding hydrogens is 366 g/mol. The number of nitrogens with one attached hydrogen (secondary N) is 1. The molecule has 0 aromatic carbocycles. The normalized spacial score (nSPS) is 18.9. The molecule has 1 aromatic rings. The molecule has 1 aromatic heterocycles. The van der Waals surface area contributed by atoms with Gasteiger partial charge in [0, 0.05) is 72.0 Å². The Bertz CT molecular complexity index is 692. The molecular formula is C21H35N7O. The van der Waals surface area contributed by atoms with Crippen molar-refractivity contribution in [1.82, 2.24) is 25.0 Å². The average molecular weight is 402 g/mol. The Morgan fingerprint density at radius 1 is 1.07 bits per heavy atom. The van der Waals surface area contributed by atoms with Crippen LogP contribution in [0.4, 0.5) is 5.82 Å². The summed E-state index contributed by atoms with van der Waals surface area (Å²) in [5.74, 6) is 2.12. The van der Waals surface area contributed by atoms with E-state index in [-0.39, 0.29) is 5.91 Å². The number of likely N-dealkylation sites (N-methyl/N-ethyl adjacent to an activating group) is 1. The number of nitrogens with zero attached hydrogens (tertiary/aromatic N) is 6. The molecule has 8 heteroatoms. The molecule has 2 aliphatic heterocycles. The first-order valence-corrected chi connectivity index (χ1v) is 10.8. The first-order chi connectivity index (χ1) is 14.1. The number of hydrogen-bond donors (Lipinski definition) is 1. The minimum absolute atomic E-state index is 0.149. The van der Waals surface area contributed by atoms with Crippen LogP contribution < -0.4 is 10.2 Å². The van der Waals surface area contributed by atoms with E-state index in [1.54, 1.807) is 6.92 Å². The van der Waals surface area contributed by atoms with Crippen LogP contribution in [0.1, 0.15) is 26.3 Å². The summed E-state index contributed by atoms with van der Waals surface area (Å²) >= 11 is 0. The largest absolute Gasteiger partial charge is 0.357 e. The molecule has 2 aliphatic rings. The fourth-order valence-electron chi connectivity index (χ4n) is 3.85. The van der Waals surface area contributed by atoms with E-state index >= 15 is 0 Å². The maximum absolute atomic E-state index is 11.6. The molecule has 0 spiro atoms. The van der Waals surface area contributed by atoms with Crippen LogP contribution in [0.3, 0.4) is 0 Å². The number of aliphatic imine (C=N–C) groups is 1.